The molecular formula is C43H48BrN2NaO. The summed E-state index contributed by atoms with van der Waals surface area (Å²) in [5, 5.41) is 18.7. The topological polar surface area (TPSA) is 38.3 Å². The quantitative estimate of drug-likeness (QED) is 0.174. The van der Waals surface area contributed by atoms with E-state index < -0.39 is 5.60 Å². The van der Waals surface area contributed by atoms with E-state index in [-0.39, 0.29) is 37.0 Å². The number of aryl methyl sites for hydroxylation is 2. The van der Waals surface area contributed by atoms with Gasteiger partial charge in [-0.3, -0.25) is 0 Å². The van der Waals surface area contributed by atoms with Crippen molar-refractivity contribution in [3.63, 3.8) is 0 Å². The van der Waals surface area contributed by atoms with Crippen LogP contribution in [-0.2, 0) is 12.8 Å². The molecule has 0 aromatic heterocycles. The number of nitrogens with zero attached hydrogens (tertiary/aromatic N) is 1. The molecule has 6 aromatic carbocycles. The Bertz CT molecular complexity index is 1820. The van der Waals surface area contributed by atoms with Crippen LogP contribution < -0.4 is 44.9 Å². The average Bonchev–Trinajstić information content (AvgIpc) is 3.08. The molecule has 8 rings (SSSR count). The summed E-state index contributed by atoms with van der Waals surface area (Å²) < 4.78 is 1.16. The number of fused-ring (bicyclic) bond motifs is 4. The molecule has 1 N–H and O–H groups in total. The van der Waals surface area contributed by atoms with Crippen LogP contribution in [0.5, 0.6) is 0 Å². The molecule has 0 fully saturated rings. The van der Waals surface area contributed by atoms with Crippen molar-refractivity contribution in [1.82, 2.24) is 0 Å². The van der Waals surface area contributed by atoms with Gasteiger partial charge in [-0.25, -0.2) is 0 Å². The Morgan fingerprint density at radius 3 is 1.79 bits per heavy atom. The molecule has 0 saturated heterocycles. The zero-order chi connectivity index (χ0) is 32.4. The van der Waals surface area contributed by atoms with Crippen molar-refractivity contribution in [3.8, 4) is 0 Å². The summed E-state index contributed by atoms with van der Waals surface area (Å²) in [5.41, 5.74) is 6.21. The zero-order valence-electron chi connectivity index (χ0n) is 28.2. The van der Waals surface area contributed by atoms with Crippen molar-refractivity contribution in [1.29, 1.82) is 0 Å². The van der Waals surface area contributed by atoms with E-state index in [1.165, 1.54) is 75.4 Å². The van der Waals surface area contributed by atoms with Gasteiger partial charge in [0.05, 0.1) is 0 Å². The summed E-state index contributed by atoms with van der Waals surface area (Å²) in [6, 6.07) is 47.1. The first kappa shape index (κ1) is 39.3. The molecule has 0 atom stereocenters. The van der Waals surface area contributed by atoms with Crippen LogP contribution in [-0.4, -0.2) is 18.7 Å². The molecule has 244 valence electrons. The van der Waals surface area contributed by atoms with Gasteiger partial charge in [0.25, 0.3) is 0 Å². The standard InChI is InChI=1S/C19H17N.C10H7Br.C9H11N.C4H9O.CH4.Na/c1-3-11-17-15(7-1)9-5-13-19(17)20-14-6-10-16-8-2-4-12-18(16)20;11-10-7-3-5-8-4-1-2-6-9(8)10;1-2-6-9-8(4-1)5-3-7-10-9;1-4(2,3)5;;/h1-5,7-9,11-13H,6,10,14H2;1-7H;1-2,4,6,10H,3,5,7H2;1-3H3;1H4;/q;;;-1;;+1. The fourth-order valence-corrected chi connectivity index (χ4v) is 6.34. The van der Waals surface area contributed by atoms with E-state index in [1.54, 1.807) is 20.8 Å². The molecule has 2 aliphatic heterocycles. The number of nitrogens with one attached hydrogen (secondary N) is 1. The predicted octanol–water partition coefficient (Wildman–Crippen LogP) is 8.36. The predicted molar refractivity (Wildman–Crippen MR) is 207 cm³/mol. The van der Waals surface area contributed by atoms with Gasteiger partial charge in [0.1, 0.15) is 0 Å². The molecule has 0 spiro atoms. The van der Waals surface area contributed by atoms with E-state index in [1.807, 2.05) is 12.1 Å². The molecule has 6 aromatic rings. The summed E-state index contributed by atoms with van der Waals surface area (Å²) in [6.45, 7) is 7.13. The van der Waals surface area contributed by atoms with E-state index in [2.05, 4.69) is 147 Å². The molecule has 0 bridgehead atoms. The molecule has 2 heterocycles. The number of halogens is 1. The minimum absolute atomic E-state index is 0. The number of hydrogen-bond donors (Lipinski definition) is 1. The molecule has 0 saturated carbocycles. The van der Waals surface area contributed by atoms with E-state index in [4.69, 9.17) is 0 Å². The van der Waals surface area contributed by atoms with Crippen LogP contribution in [0.25, 0.3) is 21.5 Å². The Morgan fingerprint density at radius 2 is 1.10 bits per heavy atom. The van der Waals surface area contributed by atoms with E-state index in [9.17, 15) is 5.11 Å². The Balaban J connectivity index is 0.000000191. The monoisotopic (exact) mass is 710 g/mol. The van der Waals surface area contributed by atoms with Crippen LogP contribution in [0.4, 0.5) is 17.1 Å². The van der Waals surface area contributed by atoms with Gasteiger partial charge in [0, 0.05) is 40.0 Å². The molecule has 0 amide bonds. The molecular weight excluding hydrogens is 663 g/mol. The van der Waals surface area contributed by atoms with Gasteiger partial charge in [0.2, 0.25) is 0 Å². The third-order valence-electron chi connectivity index (χ3n) is 7.86. The summed E-state index contributed by atoms with van der Waals surface area (Å²) >= 11 is 3.50. The Hall–Kier alpha value is -3.12. The van der Waals surface area contributed by atoms with Gasteiger partial charge < -0.3 is 15.3 Å². The molecule has 0 aliphatic carbocycles. The van der Waals surface area contributed by atoms with Gasteiger partial charge in [0.15, 0.2) is 0 Å². The molecule has 2 aliphatic rings. The van der Waals surface area contributed by atoms with Crippen molar-refractivity contribution in [2.75, 3.05) is 23.3 Å². The average molecular weight is 712 g/mol. The second-order valence-corrected chi connectivity index (χ2v) is 13.5. The third-order valence-corrected chi connectivity index (χ3v) is 8.55. The van der Waals surface area contributed by atoms with Crippen LogP contribution in [0.2, 0.25) is 0 Å². The zero-order valence-corrected chi connectivity index (χ0v) is 31.8. The number of rotatable bonds is 1. The SMILES string of the molecule is Brc1cccc2ccccc12.C.CC(C)(C)[O-].[Na+].c1ccc2c(c1)CCCN2.c1ccc2c(c1)CCCN2c1cccc2ccccc12. The van der Waals surface area contributed by atoms with Gasteiger partial charge in [-0.15, -0.1) is 5.60 Å². The van der Waals surface area contributed by atoms with Crippen molar-refractivity contribution < 1.29 is 34.7 Å². The molecule has 48 heavy (non-hydrogen) atoms. The number of benzene rings is 6. The van der Waals surface area contributed by atoms with Crippen molar-refractivity contribution >= 4 is 54.5 Å². The van der Waals surface area contributed by atoms with Crippen LogP contribution in [0.1, 0.15) is 52.2 Å². The Labute approximate surface area is 318 Å². The Morgan fingerprint density at radius 1 is 0.604 bits per heavy atom. The summed E-state index contributed by atoms with van der Waals surface area (Å²) in [4.78, 5) is 2.47. The summed E-state index contributed by atoms with van der Waals surface area (Å²) in [5.74, 6) is 0. The van der Waals surface area contributed by atoms with E-state index in [0.29, 0.717) is 0 Å². The molecule has 3 nitrogen and oxygen atoms in total. The Kier molecular flexibility index (Phi) is 15.7. The second-order valence-electron chi connectivity index (χ2n) is 12.6. The summed E-state index contributed by atoms with van der Waals surface area (Å²) in [6.07, 6.45) is 4.93. The first-order valence-electron chi connectivity index (χ1n) is 16.3. The molecule has 0 unspecified atom stereocenters. The maximum absolute atomic E-state index is 10.1. The van der Waals surface area contributed by atoms with Crippen molar-refractivity contribution in [2.24, 2.45) is 0 Å². The van der Waals surface area contributed by atoms with E-state index >= 15 is 0 Å². The van der Waals surface area contributed by atoms with Crippen LogP contribution in [0, 0.1) is 0 Å². The van der Waals surface area contributed by atoms with Crippen molar-refractivity contribution in [3.05, 3.63) is 149 Å². The minimum Gasteiger partial charge on any atom is -0.850 e. The van der Waals surface area contributed by atoms with Crippen LogP contribution in [0.15, 0.2) is 138 Å². The van der Waals surface area contributed by atoms with Gasteiger partial charge in [-0.1, -0.05) is 153 Å². The van der Waals surface area contributed by atoms with E-state index in [0.717, 1.165) is 17.6 Å². The largest absolute Gasteiger partial charge is 1.00 e. The van der Waals surface area contributed by atoms with Crippen LogP contribution >= 0.6 is 15.9 Å². The van der Waals surface area contributed by atoms with Crippen molar-refractivity contribution in [2.45, 2.75) is 59.5 Å². The fraction of sp³-hybridized carbons (Fsp3) is 0.256. The normalized spacial score (nSPS) is 12.8. The van der Waals surface area contributed by atoms with Gasteiger partial charge >= 0.3 is 29.6 Å². The van der Waals surface area contributed by atoms with Gasteiger partial charge in [-0.2, -0.15) is 0 Å². The third kappa shape index (κ3) is 11.2. The maximum Gasteiger partial charge on any atom is 1.00 e. The first-order chi connectivity index (χ1) is 22.3. The fourth-order valence-electron chi connectivity index (χ4n) is 5.83. The maximum atomic E-state index is 10.1. The number of hydrogen-bond acceptors (Lipinski definition) is 3. The first-order valence-corrected chi connectivity index (χ1v) is 17.1. The molecule has 0 radical (unpaired) electrons. The summed E-state index contributed by atoms with van der Waals surface area (Å²) in [7, 11) is 0. The molecule has 5 heteroatoms. The number of para-hydroxylation sites is 2. The number of anilines is 3. The minimum atomic E-state index is -0.750. The second kappa shape index (κ2) is 19.2. The smallest absolute Gasteiger partial charge is 0.850 e. The van der Waals surface area contributed by atoms with Gasteiger partial charge in [-0.05, 0) is 77.2 Å². The van der Waals surface area contributed by atoms with Crippen LogP contribution in [0.3, 0.4) is 0 Å².